The summed E-state index contributed by atoms with van der Waals surface area (Å²) in [7, 11) is 0. The van der Waals surface area contributed by atoms with E-state index in [1.54, 1.807) is 21.5 Å². The van der Waals surface area contributed by atoms with E-state index < -0.39 is 0 Å². The lowest BCUT2D eigenvalue weighted by atomic mass is 10.1. The van der Waals surface area contributed by atoms with Gasteiger partial charge in [0.25, 0.3) is 0 Å². The second-order valence-corrected chi connectivity index (χ2v) is 6.28. The zero-order valence-corrected chi connectivity index (χ0v) is 13.4. The van der Waals surface area contributed by atoms with Crippen molar-refractivity contribution in [2.24, 2.45) is 5.92 Å². The summed E-state index contributed by atoms with van der Waals surface area (Å²) in [6.45, 7) is 2.33. The molecule has 0 amide bonds. The number of hydrogen-bond donors (Lipinski definition) is 0. The monoisotopic (exact) mass is 327 g/mol. The molecule has 4 rings (SSSR count). The predicted octanol–water partition coefficient (Wildman–Crippen LogP) is 3.41. The van der Waals surface area contributed by atoms with Gasteiger partial charge in [0.05, 0.1) is 24.9 Å². The molecule has 1 unspecified atom stereocenters. The standard InChI is InChI=1S/C17H17N3O2S/c1-2-4-16(22-10-13-5-6-21-9-13)15(3-1)14-7-19-20(8-14)17-11-23-12-18-17/h1-4,7-8,11-13H,5-6,9-10H2. The molecular formula is C17H17N3O2S. The Morgan fingerprint density at radius 1 is 1.35 bits per heavy atom. The van der Waals surface area contributed by atoms with Crippen LogP contribution in [-0.2, 0) is 4.74 Å². The Hall–Kier alpha value is -2.18. The molecule has 1 fully saturated rings. The molecule has 1 atom stereocenters. The van der Waals surface area contributed by atoms with Crippen LogP contribution in [0.5, 0.6) is 5.75 Å². The smallest absolute Gasteiger partial charge is 0.164 e. The van der Waals surface area contributed by atoms with Crippen molar-refractivity contribution in [1.29, 1.82) is 0 Å². The molecule has 5 nitrogen and oxygen atoms in total. The van der Waals surface area contributed by atoms with Crippen molar-refractivity contribution in [1.82, 2.24) is 14.8 Å². The van der Waals surface area contributed by atoms with Crippen LogP contribution in [0.1, 0.15) is 6.42 Å². The summed E-state index contributed by atoms with van der Waals surface area (Å²) in [5.74, 6) is 2.21. The number of rotatable bonds is 5. The quantitative estimate of drug-likeness (QED) is 0.720. The van der Waals surface area contributed by atoms with Crippen molar-refractivity contribution in [2.45, 2.75) is 6.42 Å². The van der Waals surface area contributed by atoms with Crippen LogP contribution in [0.15, 0.2) is 47.5 Å². The van der Waals surface area contributed by atoms with Crippen LogP contribution in [0.3, 0.4) is 0 Å². The van der Waals surface area contributed by atoms with Gasteiger partial charge in [0.2, 0.25) is 0 Å². The highest BCUT2D eigenvalue weighted by Crippen LogP contribution is 2.30. The summed E-state index contributed by atoms with van der Waals surface area (Å²) in [5.41, 5.74) is 3.88. The summed E-state index contributed by atoms with van der Waals surface area (Å²) >= 11 is 1.56. The van der Waals surface area contributed by atoms with Crippen molar-refractivity contribution < 1.29 is 9.47 Å². The van der Waals surface area contributed by atoms with Crippen molar-refractivity contribution in [3.05, 3.63) is 47.5 Å². The number of hydrogen-bond acceptors (Lipinski definition) is 5. The maximum atomic E-state index is 6.04. The molecule has 118 valence electrons. The first-order valence-electron chi connectivity index (χ1n) is 7.63. The van der Waals surface area contributed by atoms with E-state index in [-0.39, 0.29) is 0 Å². The lowest BCUT2D eigenvalue weighted by Crippen LogP contribution is -2.11. The highest BCUT2D eigenvalue weighted by atomic mass is 32.1. The molecule has 1 saturated heterocycles. The van der Waals surface area contributed by atoms with Crippen molar-refractivity contribution in [3.8, 4) is 22.7 Å². The Bertz CT molecular complexity index is 764. The lowest BCUT2D eigenvalue weighted by molar-refractivity contribution is 0.167. The van der Waals surface area contributed by atoms with E-state index >= 15 is 0 Å². The van der Waals surface area contributed by atoms with Crippen LogP contribution in [0.4, 0.5) is 0 Å². The van der Waals surface area contributed by atoms with E-state index in [1.807, 2.05) is 36.0 Å². The molecule has 0 saturated carbocycles. The average molecular weight is 327 g/mol. The van der Waals surface area contributed by atoms with Gasteiger partial charge in [-0.3, -0.25) is 0 Å². The minimum atomic E-state index is 0.487. The van der Waals surface area contributed by atoms with Gasteiger partial charge in [-0.15, -0.1) is 11.3 Å². The molecule has 6 heteroatoms. The zero-order valence-electron chi connectivity index (χ0n) is 12.6. The molecule has 0 N–H and O–H groups in total. The van der Waals surface area contributed by atoms with Crippen LogP contribution < -0.4 is 4.74 Å². The Morgan fingerprint density at radius 3 is 3.13 bits per heavy atom. The molecule has 1 aliphatic heterocycles. The molecule has 2 aromatic heterocycles. The van der Waals surface area contributed by atoms with Crippen LogP contribution in [0, 0.1) is 5.92 Å². The Kier molecular flexibility index (Phi) is 4.08. The van der Waals surface area contributed by atoms with Gasteiger partial charge in [0, 0.05) is 35.2 Å². The molecule has 1 aromatic carbocycles. The molecule has 3 heterocycles. The summed E-state index contributed by atoms with van der Waals surface area (Å²) in [6.07, 6.45) is 4.90. The molecule has 0 radical (unpaired) electrons. The van der Waals surface area contributed by atoms with E-state index in [1.165, 1.54) is 0 Å². The van der Waals surface area contributed by atoms with E-state index in [4.69, 9.17) is 9.47 Å². The topological polar surface area (TPSA) is 49.2 Å². The van der Waals surface area contributed by atoms with Crippen molar-refractivity contribution >= 4 is 11.3 Å². The summed E-state index contributed by atoms with van der Waals surface area (Å²) in [5, 5.41) is 6.37. The Morgan fingerprint density at radius 2 is 2.30 bits per heavy atom. The van der Waals surface area contributed by atoms with Crippen molar-refractivity contribution in [3.63, 3.8) is 0 Å². The average Bonchev–Trinajstić information content (AvgIpc) is 3.34. The van der Waals surface area contributed by atoms with E-state index in [9.17, 15) is 0 Å². The van der Waals surface area contributed by atoms with E-state index in [0.717, 1.165) is 42.3 Å². The van der Waals surface area contributed by atoms with Crippen LogP contribution in [0.2, 0.25) is 0 Å². The maximum Gasteiger partial charge on any atom is 0.164 e. The first kappa shape index (κ1) is 14.4. The molecule has 1 aliphatic rings. The molecule has 0 spiro atoms. The highest BCUT2D eigenvalue weighted by Gasteiger charge is 2.17. The SMILES string of the molecule is c1ccc(-c2cnn(-c3cscn3)c2)c(OCC2CCOC2)c1. The minimum Gasteiger partial charge on any atom is -0.493 e. The largest absolute Gasteiger partial charge is 0.493 e. The second kappa shape index (κ2) is 6.52. The summed E-state index contributed by atoms with van der Waals surface area (Å²) < 4.78 is 13.2. The first-order chi connectivity index (χ1) is 11.4. The first-order valence-corrected chi connectivity index (χ1v) is 8.57. The second-order valence-electron chi connectivity index (χ2n) is 5.56. The zero-order chi connectivity index (χ0) is 15.5. The molecule has 0 bridgehead atoms. The van der Waals surface area contributed by atoms with Crippen molar-refractivity contribution in [2.75, 3.05) is 19.8 Å². The van der Waals surface area contributed by atoms with Gasteiger partial charge in [-0.1, -0.05) is 18.2 Å². The van der Waals surface area contributed by atoms with Gasteiger partial charge in [-0.05, 0) is 12.5 Å². The van der Waals surface area contributed by atoms with Gasteiger partial charge >= 0.3 is 0 Å². The highest BCUT2D eigenvalue weighted by molar-refractivity contribution is 7.07. The van der Waals surface area contributed by atoms with Crippen LogP contribution in [-0.4, -0.2) is 34.6 Å². The van der Waals surface area contributed by atoms with E-state index in [2.05, 4.69) is 16.1 Å². The molecule has 0 aliphatic carbocycles. The molecule has 23 heavy (non-hydrogen) atoms. The summed E-state index contributed by atoms with van der Waals surface area (Å²) in [4.78, 5) is 4.28. The fraction of sp³-hybridized carbons (Fsp3) is 0.294. The Labute approximate surface area is 138 Å². The van der Waals surface area contributed by atoms with Crippen LogP contribution >= 0.6 is 11.3 Å². The summed E-state index contributed by atoms with van der Waals surface area (Å²) in [6, 6.07) is 8.07. The third-order valence-electron chi connectivity index (χ3n) is 3.93. The lowest BCUT2D eigenvalue weighted by Gasteiger charge is -2.13. The normalized spacial score (nSPS) is 17.5. The number of ether oxygens (including phenoxy) is 2. The third-order valence-corrected chi connectivity index (χ3v) is 4.51. The van der Waals surface area contributed by atoms with E-state index in [0.29, 0.717) is 12.5 Å². The van der Waals surface area contributed by atoms with Crippen LogP contribution in [0.25, 0.3) is 16.9 Å². The van der Waals surface area contributed by atoms with Gasteiger partial charge in [0.1, 0.15) is 5.75 Å². The number of nitrogens with zero attached hydrogens (tertiary/aromatic N) is 3. The van der Waals surface area contributed by atoms with Gasteiger partial charge in [-0.2, -0.15) is 5.10 Å². The van der Waals surface area contributed by atoms with Gasteiger partial charge in [0.15, 0.2) is 5.82 Å². The predicted molar refractivity (Wildman–Crippen MR) is 89.1 cm³/mol. The minimum absolute atomic E-state index is 0.487. The Balaban J connectivity index is 1.56. The fourth-order valence-electron chi connectivity index (χ4n) is 2.66. The molecule has 3 aromatic rings. The number of aromatic nitrogens is 3. The number of thiazole rings is 1. The fourth-order valence-corrected chi connectivity index (χ4v) is 3.18. The number of para-hydroxylation sites is 1. The van der Waals surface area contributed by atoms with Gasteiger partial charge in [-0.25, -0.2) is 9.67 Å². The third kappa shape index (κ3) is 3.13. The number of benzene rings is 1. The molecular weight excluding hydrogens is 310 g/mol. The van der Waals surface area contributed by atoms with Gasteiger partial charge < -0.3 is 9.47 Å². The maximum absolute atomic E-state index is 6.04.